The standard InChI is InChI=1S/C17H18N4O3S2/c1-3-5-8-21-14(23)11-7-6-10(9-12(11)15(21)24)13(22)18-16-19-20-17(26-16)25-4-2/h6-7,9H,3-5,8H2,1-2H3,(H,18,19,22). The zero-order valence-electron chi connectivity index (χ0n) is 14.4. The van der Waals surface area contributed by atoms with Crippen LogP contribution >= 0.6 is 23.1 Å². The van der Waals surface area contributed by atoms with E-state index in [0.29, 0.717) is 22.8 Å². The summed E-state index contributed by atoms with van der Waals surface area (Å²) in [4.78, 5) is 38.5. The molecule has 0 saturated carbocycles. The monoisotopic (exact) mass is 390 g/mol. The Hall–Kier alpha value is -2.26. The van der Waals surface area contributed by atoms with Crippen LogP contribution < -0.4 is 5.32 Å². The molecule has 0 atom stereocenters. The van der Waals surface area contributed by atoms with E-state index in [1.54, 1.807) is 17.8 Å². The first-order chi connectivity index (χ1) is 12.5. The fourth-order valence-corrected chi connectivity index (χ4v) is 4.21. The molecule has 0 aliphatic carbocycles. The maximum Gasteiger partial charge on any atom is 0.261 e. The van der Waals surface area contributed by atoms with E-state index >= 15 is 0 Å². The summed E-state index contributed by atoms with van der Waals surface area (Å²) in [5, 5.41) is 11.0. The maximum atomic E-state index is 12.5. The highest BCUT2D eigenvalue weighted by Gasteiger charge is 2.35. The first-order valence-corrected chi connectivity index (χ1v) is 10.1. The molecule has 0 unspecified atom stereocenters. The Kier molecular flexibility index (Phi) is 5.67. The molecule has 136 valence electrons. The highest BCUT2D eigenvalue weighted by atomic mass is 32.2. The molecule has 1 aromatic carbocycles. The van der Waals surface area contributed by atoms with Crippen LogP contribution in [0.25, 0.3) is 0 Å². The van der Waals surface area contributed by atoms with Crippen molar-refractivity contribution >= 4 is 46.0 Å². The minimum Gasteiger partial charge on any atom is -0.296 e. The van der Waals surface area contributed by atoms with Crippen molar-refractivity contribution < 1.29 is 14.4 Å². The smallest absolute Gasteiger partial charge is 0.261 e. The lowest BCUT2D eigenvalue weighted by atomic mass is 10.1. The van der Waals surface area contributed by atoms with Gasteiger partial charge in [0.1, 0.15) is 0 Å². The van der Waals surface area contributed by atoms with E-state index in [-0.39, 0.29) is 23.3 Å². The summed E-state index contributed by atoms with van der Waals surface area (Å²) in [5.41, 5.74) is 0.931. The van der Waals surface area contributed by atoms with Crippen LogP contribution in [0.1, 0.15) is 57.8 Å². The van der Waals surface area contributed by atoms with E-state index in [0.717, 1.165) is 22.9 Å². The maximum absolute atomic E-state index is 12.5. The Balaban J connectivity index is 1.77. The number of amides is 3. The van der Waals surface area contributed by atoms with Gasteiger partial charge in [-0.3, -0.25) is 24.6 Å². The zero-order chi connectivity index (χ0) is 18.7. The number of nitrogens with zero attached hydrogens (tertiary/aromatic N) is 3. The molecule has 0 bridgehead atoms. The van der Waals surface area contributed by atoms with Crippen molar-refractivity contribution in [2.75, 3.05) is 17.6 Å². The number of hydrogen-bond donors (Lipinski definition) is 1. The first kappa shape index (κ1) is 18.5. The van der Waals surface area contributed by atoms with Crippen LogP contribution in [0, 0.1) is 0 Å². The van der Waals surface area contributed by atoms with Crippen molar-refractivity contribution in [3.63, 3.8) is 0 Å². The molecule has 1 aliphatic heterocycles. The number of aromatic nitrogens is 2. The average molecular weight is 390 g/mol. The summed E-state index contributed by atoms with van der Waals surface area (Å²) in [6.45, 7) is 4.41. The van der Waals surface area contributed by atoms with Gasteiger partial charge in [0, 0.05) is 12.1 Å². The van der Waals surface area contributed by atoms with Gasteiger partial charge in [0.05, 0.1) is 11.1 Å². The number of benzene rings is 1. The predicted octanol–water partition coefficient (Wildman–Crippen LogP) is 3.30. The van der Waals surface area contributed by atoms with Gasteiger partial charge in [0.2, 0.25) is 5.13 Å². The lowest BCUT2D eigenvalue weighted by Gasteiger charge is -2.12. The highest BCUT2D eigenvalue weighted by Crippen LogP contribution is 2.27. The Morgan fingerprint density at radius 1 is 1.19 bits per heavy atom. The fraction of sp³-hybridized carbons (Fsp3) is 0.353. The third-order valence-corrected chi connectivity index (χ3v) is 5.72. The van der Waals surface area contributed by atoms with Gasteiger partial charge in [0.25, 0.3) is 17.7 Å². The second kappa shape index (κ2) is 7.96. The molecule has 0 saturated heterocycles. The number of fused-ring (bicyclic) bond motifs is 1. The Labute approximate surface area is 159 Å². The number of unbranched alkanes of at least 4 members (excludes halogenated alkanes) is 1. The van der Waals surface area contributed by atoms with Crippen LogP contribution in [0.5, 0.6) is 0 Å². The summed E-state index contributed by atoms with van der Waals surface area (Å²) in [5.74, 6) is -0.149. The van der Waals surface area contributed by atoms with Gasteiger partial charge in [-0.05, 0) is 30.4 Å². The molecule has 9 heteroatoms. The molecule has 26 heavy (non-hydrogen) atoms. The second-order valence-corrected chi connectivity index (χ2v) is 8.12. The Morgan fingerprint density at radius 3 is 2.69 bits per heavy atom. The predicted molar refractivity (Wildman–Crippen MR) is 101 cm³/mol. The number of nitrogens with one attached hydrogen (secondary N) is 1. The number of hydrogen-bond acceptors (Lipinski definition) is 7. The van der Waals surface area contributed by atoms with E-state index < -0.39 is 0 Å². The van der Waals surface area contributed by atoms with Crippen LogP contribution in [0.2, 0.25) is 0 Å². The number of anilines is 1. The number of rotatable bonds is 7. The van der Waals surface area contributed by atoms with Gasteiger partial charge >= 0.3 is 0 Å². The molecule has 2 heterocycles. The van der Waals surface area contributed by atoms with E-state index in [1.807, 2.05) is 13.8 Å². The van der Waals surface area contributed by atoms with Crippen molar-refractivity contribution in [1.29, 1.82) is 0 Å². The van der Waals surface area contributed by atoms with Gasteiger partial charge in [-0.25, -0.2) is 0 Å². The molecule has 0 fully saturated rings. The normalized spacial score (nSPS) is 13.2. The van der Waals surface area contributed by atoms with E-state index in [9.17, 15) is 14.4 Å². The zero-order valence-corrected chi connectivity index (χ0v) is 16.1. The van der Waals surface area contributed by atoms with Crippen molar-refractivity contribution in [2.24, 2.45) is 0 Å². The van der Waals surface area contributed by atoms with Crippen LogP contribution in [-0.2, 0) is 0 Å². The van der Waals surface area contributed by atoms with Crippen LogP contribution in [-0.4, -0.2) is 45.1 Å². The number of thioether (sulfide) groups is 1. The number of carbonyl (C=O) groups is 3. The summed E-state index contributed by atoms with van der Waals surface area (Å²) in [6, 6.07) is 4.56. The largest absolute Gasteiger partial charge is 0.296 e. The van der Waals surface area contributed by atoms with Crippen LogP contribution in [0.3, 0.4) is 0 Å². The SMILES string of the molecule is CCCCN1C(=O)c2ccc(C(=O)Nc3nnc(SCC)s3)cc2C1=O. The quantitative estimate of drug-likeness (QED) is 0.443. The molecular formula is C17H18N4O3S2. The van der Waals surface area contributed by atoms with Crippen molar-refractivity contribution in [3.05, 3.63) is 34.9 Å². The summed E-state index contributed by atoms with van der Waals surface area (Å²) in [7, 11) is 0. The van der Waals surface area contributed by atoms with Gasteiger partial charge in [-0.2, -0.15) is 0 Å². The minimum atomic E-state index is -0.385. The van der Waals surface area contributed by atoms with Gasteiger partial charge in [0.15, 0.2) is 4.34 Å². The molecule has 1 aromatic heterocycles. The molecule has 3 amide bonds. The number of imide groups is 1. The second-order valence-electron chi connectivity index (χ2n) is 5.64. The molecule has 1 aliphatic rings. The highest BCUT2D eigenvalue weighted by molar-refractivity contribution is 8.01. The third kappa shape index (κ3) is 3.63. The fourth-order valence-electron chi connectivity index (χ4n) is 2.56. The first-order valence-electron chi connectivity index (χ1n) is 8.33. The molecule has 7 nitrogen and oxygen atoms in total. The molecular weight excluding hydrogens is 372 g/mol. The third-order valence-electron chi connectivity index (χ3n) is 3.86. The number of carbonyl (C=O) groups excluding carboxylic acids is 3. The van der Waals surface area contributed by atoms with Crippen molar-refractivity contribution in [3.8, 4) is 0 Å². The topological polar surface area (TPSA) is 92.3 Å². The molecule has 0 spiro atoms. The van der Waals surface area contributed by atoms with Crippen molar-refractivity contribution in [2.45, 2.75) is 31.0 Å². The lowest BCUT2D eigenvalue weighted by molar-refractivity contribution is 0.0652. The van der Waals surface area contributed by atoms with E-state index in [4.69, 9.17) is 0 Å². The summed E-state index contributed by atoms with van der Waals surface area (Å²) >= 11 is 2.84. The summed E-state index contributed by atoms with van der Waals surface area (Å²) in [6.07, 6.45) is 1.65. The minimum absolute atomic E-state index is 0.276. The Bertz CT molecular complexity index is 865. The lowest BCUT2D eigenvalue weighted by Crippen LogP contribution is -2.30. The van der Waals surface area contributed by atoms with Gasteiger partial charge in [-0.15, -0.1) is 10.2 Å². The van der Waals surface area contributed by atoms with Gasteiger partial charge in [-0.1, -0.05) is 43.4 Å². The van der Waals surface area contributed by atoms with Gasteiger partial charge < -0.3 is 0 Å². The molecule has 0 radical (unpaired) electrons. The van der Waals surface area contributed by atoms with E-state index in [1.165, 1.54) is 28.4 Å². The van der Waals surface area contributed by atoms with Crippen LogP contribution in [0.4, 0.5) is 5.13 Å². The summed E-state index contributed by atoms with van der Waals surface area (Å²) < 4.78 is 0.782. The van der Waals surface area contributed by atoms with Crippen molar-refractivity contribution in [1.82, 2.24) is 15.1 Å². The van der Waals surface area contributed by atoms with Crippen LogP contribution in [0.15, 0.2) is 22.5 Å². The molecule has 2 aromatic rings. The Morgan fingerprint density at radius 2 is 1.96 bits per heavy atom. The molecule has 3 rings (SSSR count). The average Bonchev–Trinajstić information content (AvgIpc) is 3.17. The van der Waals surface area contributed by atoms with E-state index in [2.05, 4.69) is 15.5 Å². The molecule has 1 N–H and O–H groups in total.